The molecule has 0 saturated heterocycles. The Kier molecular flexibility index (Phi) is 5.73. The molecule has 0 aromatic heterocycles. The molecular weight excluding hydrogens is 330 g/mol. The Hall–Kier alpha value is -3.02. The molecule has 1 aliphatic rings. The van der Waals surface area contributed by atoms with Gasteiger partial charge in [-0.2, -0.15) is 0 Å². The number of carbonyl (C=O) groups is 2. The van der Waals surface area contributed by atoms with Crippen molar-refractivity contribution in [3.8, 4) is 5.75 Å². The van der Waals surface area contributed by atoms with Crippen molar-refractivity contribution >= 4 is 23.3 Å². The van der Waals surface area contributed by atoms with Crippen LogP contribution in [0.25, 0.3) is 0 Å². The summed E-state index contributed by atoms with van der Waals surface area (Å²) < 4.78 is 5.59. The number of hydrogen-bond donors (Lipinski definition) is 2. The molecule has 1 saturated carbocycles. The van der Waals surface area contributed by atoms with E-state index in [1.54, 1.807) is 36.2 Å². The van der Waals surface area contributed by atoms with Gasteiger partial charge < -0.3 is 20.3 Å². The van der Waals surface area contributed by atoms with E-state index < -0.39 is 0 Å². The lowest BCUT2D eigenvalue weighted by atomic mass is 10.2. The van der Waals surface area contributed by atoms with Gasteiger partial charge in [0.15, 0.2) is 0 Å². The first-order chi connectivity index (χ1) is 12.6. The summed E-state index contributed by atoms with van der Waals surface area (Å²) in [6.07, 6.45) is 1.95. The van der Waals surface area contributed by atoms with Crippen molar-refractivity contribution < 1.29 is 14.3 Å². The predicted octanol–water partition coefficient (Wildman–Crippen LogP) is 3.58. The van der Waals surface area contributed by atoms with Gasteiger partial charge in [-0.25, -0.2) is 4.79 Å². The summed E-state index contributed by atoms with van der Waals surface area (Å²) in [6, 6.07) is 16.4. The summed E-state index contributed by atoms with van der Waals surface area (Å²) in [6.45, 7) is 0.885. The molecule has 0 spiro atoms. The number of urea groups is 1. The summed E-state index contributed by atoms with van der Waals surface area (Å²) in [5, 5.41) is 5.70. The van der Waals surface area contributed by atoms with Crippen molar-refractivity contribution in [1.82, 2.24) is 4.90 Å². The molecule has 26 heavy (non-hydrogen) atoms. The average molecular weight is 353 g/mol. The minimum Gasteiger partial charge on any atom is -0.492 e. The van der Waals surface area contributed by atoms with Gasteiger partial charge in [0, 0.05) is 24.3 Å². The molecule has 6 nitrogen and oxygen atoms in total. The van der Waals surface area contributed by atoms with Gasteiger partial charge >= 0.3 is 6.03 Å². The van der Waals surface area contributed by atoms with E-state index in [0.717, 1.165) is 24.3 Å². The molecule has 6 heteroatoms. The van der Waals surface area contributed by atoms with Crippen LogP contribution in [0.2, 0.25) is 0 Å². The Morgan fingerprint density at radius 2 is 1.62 bits per heavy atom. The monoisotopic (exact) mass is 353 g/mol. The zero-order valence-electron chi connectivity index (χ0n) is 14.8. The standard InChI is InChI=1S/C20H23N3O3/c1-23(13-14-26-18-5-3-2-4-6-18)20(25)22-17-11-9-16(10-12-17)21-19(24)15-7-8-15/h2-6,9-12,15H,7-8,13-14H2,1H3,(H,21,24)(H,22,25). The molecular formula is C20H23N3O3. The third-order valence-electron chi connectivity index (χ3n) is 4.14. The zero-order chi connectivity index (χ0) is 18.4. The molecule has 2 aromatic carbocycles. The Morgan fingerprint density at radius 3 is 2.23 bits per heavy atom. The van der Waals surface area contributed by atoms with Gasteiger partial charge in [-0.05, 0) is 49.2 Å². The number of nitrogens with one attached hydrogen (secondary N) is 2. The third-order valence-corrected chi connectivity index (χ3v) is 4.14. The zero-order valence-corrected chi connectivity index (χ0v) is 14.8. The lowest BCUT2D eigenvalue weighted by molar-refractivity contribution is -0.117. The number of para-hydroxylation sites is 1. The number of likely N-dealkylation sites (N-methyl/N-ethyl adjacent to an activating group) is 1. The SMILES string of the molecule is CN(CCOc1ccccc1)C(=O)Nc1ccc(NC(=O)C2CC2)cc1. The lowest BCUT2D eigenvalue weighted by Crippen LogP contribution is -2.34. The van der Waals surface area contributed by atoms with E-state index in [2.05, 4.69) is 10.6 Å². The number of amides is 3. The van der Waals surface area contributed by atoms with Gasteiger partial charge in [-0.1, -0.05) is 18.2 Å². The van der Waals surface area contributed by atoms with Gasteiger partial charge in [0.1, 0.15) is 12.4 Å². The molecule has 3 amide bonds. The first-order valence-corrected chi connectivity index (χ1v) is 8.73. The van der Waals surface area contributed by atoms with E-state index in [1.165, 1.54) is 0 Å². The van der Waals surface area contributed by atoms with Gasteiger partial charge in [0.05, 0.1) is 6.54 Å². The number of carbonyl (C=O) groups excluding carboxylic acids is 2. The summed E-state index contributed by atoms with van der Waals surface area (Å²) in [4.78, 5) is 25.5. The summed E-state index contributed by atoms with van der Waals surface area (Å²) in [5.41, 5.74) is 1.42. The van der Waals surface area contributed by atoms with Gasteiger partial charge in [0.25, 0.3) is 0 Å². The molecule has 2 N–H and O–H groups in total. The minimum atomic E-state index is -0.212. The van der Waals surface area contributed by atoms with Crippen molar-refractivity contribution in [3.63, 3.8) is 0 Å². The maximum absolute atomic E-state index is 12.2. The predicted molar refractivity (Wildman–Crippen MR) is 101 cm³/mol. The van der Waals surface area contributed by atoms with Crippen LogP contribution >= 0.6 is 0 Å². The topological polar surface area (TPSA) is 70.7 Å². The molecule has 1 fully saturated rings. The highest BCUT2D eigenvalue weighted by atomic mass is 16.5. The number of nitrogens with zero attached hydrogens (tertiary/aromatic N) is 1. The highest BCUT2D eigenvalue weighted by molar-refractivity contribution is 5.94. The average Bonchev–Trinajstić information content (AvgIpc) is 3.49. The molecule has 0 radical (unpaired) electrons. The number of rotatable bonds is 7. The Morgan fingerprint density at radius 1 is 1.00 bits per heavy atom. The van der Waals surface area contributed by atoms with E-state index in [-0.39, 0.29) is 17.9 Å². The van der Waals surface area contributed by atoms with Gasteiger partial charge in [-0.15, -0.1) is 0 Å². The van der Waals surface area contributed by atoms with Crippen LogP contribution in [0.4, 0.5) is 16.2 Å². The van der Waals surface area contributed by atoms with Crippen LogP contribution in [0.15, 0.2) is 54.6 Å². The first-order valence-electron chi connectivity index (χ1n) is 8.73. The van der Waals surface area contributed by atoms with E-state index in [0.29, 0.717) is 18.8 Å². The van der Waals surface area contributed by atoms with Crippen LogP contribution in [0.5, 0.6) is 5.75 Å². The molecule has 1 aliphatic carbocycles. The largest absolute Gasteiger partial charge is 0.492 e. The molecule has 0 atom stereocenters. The van der Waals surface area contributed by atoms with Crippen molar-refractivity contribution in [3.05, 3.63) is 54.6 Å². The summed E-state index contributed by atoms with van der Waals surface area (Å²) in [5.74, 6) is 1.02. The summed E-state index contributed by atoms with van der Waals surface area (Å²) >= 11 is 0. The third kappa shape index (κ3) is 5.24. The maximum atomic E-state index is 12.2. The molecule has 0 aliphatic heterocycles. The fourth-order valence-electron chi connectivity index (χ4n) is 2.36. The van der Waals surface area contributed by atoms with Crippen LogP contribution in [0.3, 0.4) is 0 Å². The molecule has 0 bridgehead atoms. The second-order valence-electron chi connectivity index (χ2n) is 6.35. The number of hydrogen-bond acceptors (Lipinski definition) is 3. The Labute approximate surface area is 153 Å². The number of ether oxygens (including phenoxy) is 1. The smallest absolute Gasteiger partial charge is 0.321 e. The van der Waals surface area contributed by atoms with E-state index in [9.17, 15) is 9.59 Å². The van der Waals surface area contributed by atoms with Crippen LogP contribution < -0.4 is 15.4 Å². The van der Waals surface area contributed by atoms with Gasteiger partial charge in [0.2, 0.25) is 5.91 Å². The quantitative estimate of drug-likeness (QED) is 0.799. The van der Waals surface area contributed by atoms with E-state index in [1.807, 2.05) is 30.3 Å². The van der Waals surface area contributed by atoms with E-state index >= 15 is 0 Å². The minimum absolute atomic E-state index is 0.0694. The fourth-order valence-corrected chi connectivity index (χ4v) is 2.36. The Balaban J connectivity index is 1.42. The maximum Gasteiger partial charge on any atom is 0.321 e. The number of benzene rings is 2. The first kappa shape index (κ1) is 17.8. The van der Waals surface area contributed by atoms with Crippen LogP contribution in [-0.2, 0) is 4.79 Å². The molecule has 2 aromatic rings. The molecule has 0 heterocycles. The molecule has 3 rings (SSSR count). The van der Waals surface area contributed by atoms with Gasteiger partial charge in [-0.3, -0.25) is 4.79 Å². The van der Waals surface area contributed by atoms with E-state index in [4.69, 9.17) is 4.74 Å². The number of anilines is 2. The second-order valence-corrected chi connectivity index (χ2v) is 6.35. The molecule has 0 unspecified atom stereocenters. The van der Waals surface area contributed by atoms with Crippen LogP contribution in [0.1, 0.15) is 12.8 Å². The Bertz CT molecular complexity index is 743. The normalized spacial score (nSPS) is 13.0. The van der Waals surface area contributed by atoms with Crippen molar-refractivity contribution in [2.24, 2.45) is 5.92 Å². The highest BCUT2D eigenvalue weighted by Crippen LogP contribution is 2.30. The fraction of sp³-hybridized carbons (Fsp3) is 0.300. The van der Waals surface area contributed by atoms with Crippen molar-refractivity contribution in [2.45, 2.75) is 12.8 Å². The van der Waals surface area contributed by atoms with Crippen LogP contribution in [0, 0.1) is 5.92 Å². The highest BCUT2D eigenvalue weighted by Gasteiger charge is 2.29. The molecule has 136 valence electrons. The lowest BCUT2D eigenvalue weighted by Gasteiger charge is -2.18. The van der Waals surface area contributed by atoms with Crippen LogP contribution in [-0.4, -0.2) is 37.0 Å². The summed E-state index contributed by atoms with van der Waals surface area (Å²) in [7, 11) is 1.72. The second kappa shape index (κ2) is 8.38. The van der Waals surface area contributed by atoms with Crippen molar-refractivity contribution in [1.29, 1.82) is 0 Å². The van der Waals surface area contributed by atoms with Crippen molar-refractivity contribution in [2.75, 3.05) is 30.8 Å².